The quantitative estimate of drug-likeness (QED) is 0.802. The van der Waals surface area contributed by atoms with Crippen molar-refractivity contribution in [2.75, 3.05) is 37.0 Å². The first-order valence-corrected chi connectivity index (χ1v) is 8.99. The molecule has 1 aliphatic heterocycles. The summed E-state index contributed by atoms with van der Waals surface area (Å²) in [7, 11) is 1.67. The number of piperidine rings is 1. The second kappa shape index (κ2) is 8.56. The molecule has 2 heterocycles. The normalized spacial score (nSPS) is 14.8. The standard InChI is InChI=1S/C20H25N3O3/c1-3-26-20(24)18-8-5-11-21-19(18)23-12-9-15(10-13-23)22-16-6-4-7-17(14-16)25-2/h4-8,11,14-15,22H,3,9-10,12-13H2,1-2H3. The second-order valence-electron chi connectivity index (χ2n) is 6.23. The van der Waals surface area contributed by atoms with Crippen LogP contribution in [-0.4, -0.2) is 43.8 Å². The Morgan fingerprint density at radius 1 is 1.27 bits per heavy atom. The fourth-order valence-corrected chi connectivity index (χ4v) is 3.20. The molecular weight excluding hydrogens is 330 g/mol. The van der Waals surface area contributed by atoms with Crippen molar-refractivity contribution in [3.05, 3.63) is 48.2 Å². The molecule has 0 radical (unpaired) electrons. The predicted octanol–water partition coefficient (Wildman–Crippen LogP) is 3.35. The minimum atomic E-state index is -0.313. The third-order valence-corrected chi connectivity index (χ3v) is 4.52. The van der Waals surface area contributed by atoms with Crippen molar-refractivity contribution in [2.45, 2.75) is 25.8 Å². The summed E-state index contributed by atoms with van der Waals surface area (Å²) in [5, 5.41) is 3.57. The molecule has 1 aromatic carbocycles. The number of carbonyl (C=O) groups excluding carboxylic acids is 1. The van der Waals surface area contributed by atoms with Gasteiger partial charge in [-0.15, -0.1) is 0 Å². The number of nitrogens with one attached hydrogen (secondary N) is 1. The number of hydrogen-bond acceptors (Lipinski definition) is 6. The number of aromatic nitrogens is 1. The lowest BCUT2D eigenvalue weighted by Gasteiger charge is -2.34. The molecule has 0 amide bonds. The summed E-state index contributed by atoms with van der Waals surface area (Å²) in [5.41, 5.74) is 1.60. The highest BCUT2D eigenvalue weighted by Crippen LogP contribution is 2.25. The van der Waals surface area contributed by atoms with Gasteiger partial charge in [0.05, 0.1) is 13.7 Å². The summed E-state index contributed by atoms with van der Waals surface area (Å²) in [6.07, 6.45) is 3.66. The number of carbonyl (C=O) groups is 1. The van der Waals surface area contributed by atoms with Crippen LogP contribution in [0.25, 0.3) is 0 Å². The van der Waals surface area contributed by atoms with Crippen molar-refractivity contribution in [2.24, 2.45) is 0 Å². The van der Waals surface area contributed by atoms with Crippen LogP contribution >= 0.6 is 0 Å². The first-order chi connectivity index (χ1) is 12.7. The Morgan fingerprint density at radius 3 is 2.81 bits per heavy atom. The van der Waals surface area contributed by atoms with E-state index in [1.165, 1.54) is 0 Å². The smallest absolute Gasteiger partial charge is 0.341 e. The van der Waals surface area contributed by atoms with E-state index < -0.39 is 0 Å². The molecule has 0 saturated carbocycles. The van der Waals surface area contributed by atoms with Crippen molar-refractivity contribution in [3.63, 3.8) is 0 Å². The number of ether oxygens (including phenoxy) is 2. The highest BCUT2D eigenvalue weighted by Gasteiger charge is 2.24. The van der Waals surface area contributed by atoms with Crippen molar-refractivity contribution in [1.82, 2.24) is 4.98 Å². The van der Waals surface area contributed by atoms with Crippen LogP contribution in [-0.2, 0) is 4.74 Å². The number of nitrogens with zero attached hydrogens (tertiary/aromatic N) is 2. The maximum atomic E-state index is 12.2. The van der Waals surface area contributed by atoms with Crippen molar-refractivity contribution in [1.29, 1.82) is 0 Å². The zero-order valence-corrected chi connectivity index (χ0v) is 15.3. The summed E-state index contributed by atoms with van der Waals surface area (Å²) in [4.78, 5) is 18.7. The van der Waals surface area contributed by atoms with Gasteiger partial charge in [-0.1, -0.05) is 6.07 Å². The van der Waals surface area contributed by atoms with Gasteiger partial charge in [0.1, 0.15) is 17.1 Å². The highest BCUT2D eigenvalue weighted by molar-refractivity contribution is 5.94. The van der Waals surface area contributed by atoms with Crippen LogP contribution in [0, 0.1) is 0 Å². The molecule has 0 spiro atoms. The Bertz CT molecular complexity index is 743. The Kier molecular flexibility index (Phi) is 5.94. The van der Waals surface area contributed by atoms with Gasteiger partial charge in [0.15, 0.2) is 0 Å². The van der Waals surface area contributed by atoms with Crippen LogP contribution in [0.1, 0.15) is 30.1 Å². The van der Waals surface area contributed by atoms with E-state index >= 15 is 0 Å². The molecule has 3 rings (SSSR count). The monoisotopic (exact) mass is 355 g/mol. The van der Waals surface area contributed by atoms with Crippen LogP contribution < -0.4 is 15.0 Å². The summed E-state index contributed by atoms with van der Waals surface area (Å²) in [6.45, 7) is 3.85. The molecule has 0 bridgehead atoms. The van der Waals surface area contributed by atoms with Crippen LogP contribution in [0.2, 0.25) is 0 Å². The maximum absolute atomic E-state index is 12.2. The van der Waals surface area contributed by atoms with Gasteiger partial charge in [-0.3, -0.25) is 0 Å². The number of rotatable bonds is 6. The lowest BCUT2D eigenvalue weighted by atomic mass is 10.0. The molecule has 0 aliphatic carbocycles. The average molecular weight is 355 g/mol. The zero-order chi connectivity index (χ0) is 18.4. The summed E-state index contributed by atoms with van der Waals surface area (Å²) in [6, 6.07) is 11.9. The van der Waals surface area contributed by atoms with E-state index in [4.69, 9.17) is 9.47 Å². The Labute approximate surface area is 154 Å². The second-order valence-corrected chi connectivity index (χ2v) is 6.23. The predicted molar refractivity (Wildman–Crippen MR) is 102 cm³/mol. The van der Waals surface area contributed by atoms with Crippen molar-refractivity contribution < 1.29 is 14.3 Å². The molecule has 1 aromatic heterocycles. The van der Waals surface area contributed by atoms with E-state index in [1.54, 1.807) is 25.4 Å². The third kappa shape index (κ3) is 4.25. The van der Waals surface area contributed by atoms with E-state index in [9.17, 15) is 4.79 Å². The van der Waals surface area contributed by atoms with Gasteiger partial charge >= 0.3 is 5.97 Å². The molecule has 1 N–H and O–H groups in total. The zero-order valence-electron chi connectivity index (χ0n) is 15.3. The van der Waals surface area contributed by atoms with Gasteiger partial charge in [-0.2, -0.15) is 0 Å². The summed E-state index contributed by atoms with van der Waals surface area (Å²) in [5.74, 6) is 1.25. The van der Waals surface area contributed by atoms with Crippen LogP contribution in [0.3, 0.4) is 0 Å². The van der Waals surface area contributed by atoms with E-state index in [0.29, 0.717) is 24.0 Å². The molecule has 26 heavy (non-hydrogen) atoms. The number of hydrogen-bond donors (Lipinski definition) is 1. The number of methoxy groups -OCH3 is 1. The molecule has 6 heteroatoms. The van der Waals surface area contributed by atoms with E-state index in [-0.39, 0.29) is 5.97 Å². The number of pyridine rings is 1. The Morgan fingerprint density at radius 2 is 2.08 bits per heavy atom. The SMILES string of the molecule is CCOC(=O)c1cccnc1N1CCC(Nc2cccc(OC)c2)CC1. The lowest BCUT2D eigenvalue weighted by Crippen LogP contribution is -2.40. The van der Waals surface area contributed by atoms with Gasteiger partial charge in [-0.25, -0.2) is 9.78 Å². The first kappa shape index (κ1) is 18.0. The van der Waals surface area contributed by atoms with Crippen LogP contribution in [0.5, 0.6) is 5.75 Å². The maximum Gasteiger partial charge on any atom is 0.341 e. The Hall–Kier alpha value is -2.76. The number of anilines is 2. The van der Waals surface area contributed by atoms with Crippen molar-refractivity contribution >= 4 is 17.5 Å². The van der Waals surface area contributed by atoms with Crippen LogP contribution in [0.15, 0.2) is 42.6 Å². The van der Waals surface area contributed by atoms with Crippen LogP contribution in [0.4, 0.5) is 11.5 Å². The molecule has 1 saturated heterocycles. The molecule has 138 valence electrons. The first-order valence-electron chi connectivity index (χ1n) is 8.99. The Balaban J connectivity index is 1.63. The van der Waals surface area contributed by atoms with Gasteiger partial charge in [0, 0.05) is 37.1 Å². The third-order valence-electron chi connectivity index (χ3n) is 4.52. The minimum absolute atomic E-state index is 0.313. The topological polar surface area (TPSA) is 63.7 Å². The number of esters is 1. The van der Waals surface area contributed by atoms with E-state index in [0.717, 1.165) is 37.4 Å². The summed E-state index contributed by atoms with van der Waals surface area (Å²) < 4.78 is 10.4. The van der Waals surface area contributed by atoms with Gasteiger partial charge in [0.2, 0.25) is 0 Å². The molecule has 0 atom stereocenters. The molecular formula is C20H25N3O3. The number of benzene rings is 1. The van der Waals surface area contributed by atoms with Gasteiger partial charge in [0.25, 0.3) is 0 Å². The largest absolute Gasteiger partial charge is 0.497 e. The molecule has 1 aliphatic rings. The fourth-order valence-electron chi connectivity index (χ4n) is 3.20. The molecule has 2 aromatic rings. The van der Waals surface area contributed by atoms with Gasteiger partial charge in [-0.05, 0) is 44.0 Å². The van der Waals surface area contributed by atoms with Gasteiger partial charge < -0.3 is 19.7 Å². The highest BCUT2D eigenvalue weighted by atomic mass is 16.5. The average Bonchev–Trinajstić information content (AvgIpc) is 2.69. The fraction of sp³-hybridized carbons (Fsp3) is 0.400. The molecule has 0 unspecified atom stereocenters. The van der Waals surface area contributed by atoms with E-state index in [2.05, 4.69) is 15.2 Å². The summed E-state index contributed by atoms with van der Waals surface area (Å²) >= 11 is 0. The minimum Gasteiger partial charge on any atom is -0.497 e. The van der Waals surface area contributed by atoms with E-state index in [1.807, 2.05) is 31.2 Å². The lowest BCUT2D eigenvalue weighted by molar-refractivity contribution is 0.0526. The molecule has 6 nitrogen and oxygen atoms in total. The van der Waals surface area contributed by atoms with Crippen molar-refractivity contribution in [3.8, 4) is 5.75 Å². The molecule has 1 fully saturated rings.